The number of allylic oxidation sites excluding steroid dienone is 1. The maximum Gasteiger partial charge on any atom is 0.0431 e. The third-order valence-electron chi connectivity index (χ3n) is 6.74. The van der Waals surface area contributed by atoms with Crippen LogP contribution in [0.15, 0.2) is 54.2 Å². The molecule has 1 fully saturated rings. The summed E-state index contributed by atoms with van der Waals surface area (Å²) >= 11 is 6.13. The number of hydrogen-bond donors (Lipinski definition) is 0. The number of pyridine rings is 1. The lowest BCUT2D eigenvalue weighted by atomic mass is 9.78. The number of nitrogens with zero attached hydrogens (tertiary/aromatic N) is 2. The summed E-state index contributed by atoms with van der Waals surface area (Å²) in [5.41, 5.74) is 5.53. The van der Waals surface area contributed by atoms with Crippen molar-refractivity contribution < 1.29 is 0 Å². The van der Waals surface area contributed by atoms with Gasteiger partial charge in [0.1, 0.15) is 0 Å². The third-order valence-corrected chi connectivity index (χ3v) is 6.99. The Morgan fingerprint density at radius 3 is 2.35 bits per heavy atom. The Balaban J connectivity index is 1.71. The van der Waals surface area contributed by atoms with Gasteiger partial charge in [0.2, 0.25) is 0 Å². The average Bonchev–Trinajstić information content (AvgIpc) is 2.73. The predicted octanol–water partition coefficient (Wildman–Crippen LogP) is 7.74. The van der Waals surface area contributed by atoms with Gasteiger partial charge >= 0.3 is 0 Å². The maximum absolute atomic E-state index is 6.13. The van der Waals surface area contributed by atoms with Crippen molar-refractivity contribution in [2.75, 3.05) is 13.1 Å². The van der Waals surface area contributed by atoms with E-state index in [0.717, 1.165) is 24.5 Å². The SMILES string of the molecule is CC(C)=CC(CC(C)(C)c1ccc(Cl)cc1)N1CCC(c2ccnc(C(C)C)c2)CC1. The first-order valence-corrected chi connectivity index (χ1v) is 12.1. The van der Waals surface area contributed by atoms with Crippen LogP contribution in [0.3, 0.4) is 0 Å². The van der Waals surface area contributed by atoms with Gasteiger partial charge in [-0.25, -0.2) is 0 Å². The van der Waals surface area contributed by atoms with Gasteiger partial charge in [0, 0.05) is 23.0 Å². The normalized spacial score (nSPS) is 17.0. The highest BCUT2D eigenvalue weighted by Gasteiger charge is 2.30. The lowest BCUT2D eigenvalue weighted by Gasteiger charge is -2.40. The van der Waals surface area contributed by atoms with E-state index in [4.69, 9.17) is 11.6 Å². The van der Waals surface area contributed by atoms with Crippen molar-refractivity contribution in [3.05, 3.63) is 76.1 Å². The zero-order chi connectivity index (χ0) is 22.6. The molecule has 0 bridgehead atoms. The van der Waals surface area contributed by atoms with Crippen molar-refractivity contribution in [2.45, 2.75) is 84.1 Å². The van der Waals surface area contributed by atoms with E-state index in [1.54, 1.807) is 0 Å². The quantitative estimate of drug-likeness (QED) is 0.411. The minimum absolute atomic E-state index is 0.0926. The largest absolute Gasteiger partial charge is 0.297 e. The van der Waals surface area contributed by atoms with Crippen LogP contribution in [0.5, 0.6) is 0 Å². The predicted molar refractivity (Wildman–Crippen MR) is 134 cm³/mol. The summed E-state index contributed by atoms with van der Waals surface area (Å²) in [5.74, 6) is 1.13. The van der Waals surface area contributed by atoms with Crippen molar-refractivity contribution in [3.8, 4) is 0 Å². The molecule has 2 nitrogen and oxygen atoms in total. The zero-order valence-corrected chi connectivity index (χ0v) is 20.9. The first kappa shape index (κ1) is 24.0. The van der Waals surface area contributed by atoms with E-state index in [1.807, 2.05) is 18.3 Å². The van der Waals surface area contributed by atoms with Crippen LogP contribution in [0.1, 0.15) is 89.5 Å². The molecule has 0 amide bonds. The topological polar surface area (TPSA) is 16.1 Å². The Kier molecular flexibility index (Phi) is 7.99. The van der Waals surface area contributed by atoms with Gasteiger partial charge in [-0.1, -0.05) is 63.1 Å². The second-order valence-electron chi connectivity index (χ2n) is 10.4. The number of hydrogen-bond acceptors (Lipinski definition) is 2. The highest BCUT2D eigenvalue weighted by atomic mass is 35.5. The number of aromatic nitrogens is 1. The van der Waals surface area contributed by atoms with Crippen LogP contribution in [-0.2, 0) is 5.41 Å². The number of benzene rings is 1. The average molecular weight is 439 g/mol. The Labute approximate surface area is 194 Å². The summed E-state index contributed by atoms with van der Waals surface area (Å²) in [6.07, 6.45) is 8.02. The van der Waals surface area contributed by atoms with Crippen molar-refractivity contribution in [2.24, 2.45) is 0 Å². The Morgan fingerprint density at radius 2 is 1.77 bits per heavy atom. The lowest BCUT2D eigenvalue weighted by molar-refractivity contribution is 0.155. The fraction of sp³-hybridized carbons (Fsp3) is 0.536. The molecule has 0 N–H and O–H groups in total. The van der Waals surface area contributed by atoms with Crippen molar-refractivity contribution in [3.63, 3.8) is 0 Å². The van der Waals surface area contributed by atoms with Crippen molar-refractivity contribution >= 4 is 11.6 Å². The Bertz CT molecular complexity index is 870. The van der Waals surface area contributed by atoms with Crippen molar-refractivity contribution in [1.29, 1.82) is 0 Å². The molecule has 31 heavy (non-hydrogen) atoms. The molecule has 1 aromatic heterocycles. The van der Waals surface area contributed by atoms with Gasteiger partial charge in [0.15, 0.2) is 0 Å². The first-order chi connectivity index (χ1) is 14.7. The first-order valence-electron chi connectivity index (χ1n) is 11.8. The third kappa shape index (κ3) is 6.43. The number of piperidine rings is 1. The highest BCUT2D eigenvalue weighted by molar-refractivity contribution is 6.30. The van der Waals surface area contributed by atoms with E-state index in [-0.39, 0.29) is 5.41 Å². The van der Waals surface area contributed by atoms with Gasteiger partial charge in [0.05, 0.1) is 0 Å². The summed E-state index contributed by atoms with van der Waals surface area (Å²) < 4.78 is 0. The van der Waals surface area contributed by atoms with Gasteiger partial charge in [-0.2, -0.15) is 0 Å². The Morgan fingerprint density at radius 1 is 1.13 bits per heavy atom. The molecule has 1 aliphatic heterocycles. The van der Waals surface area contributed by atoms with Crippen LogP contribution in [0, 0.1) is 0 Å². The Hall–Kier alpha value is -1.64. The number of halogens is 1. The van der Waals surface area contributed by atoms with Crippen LogP contribution in [0.25, 0.3) is 0 Å². The van der Waals surface area contributed by atoms with Crippen LogP contribution >= 0.6 is 11.6 Å². The van der Waals surface area contributed by atoms with Crippen LogP contribution in [-0.4, -0.2) is 29.0 Å². The highest BCUT2D eigenvalue weighted by Crippen LogP contribution is 2.35. The summed E-state index contributed by atoms with van der Waals surface area (Å²) in [7, 11) is 0. The molecule has 1 aromatic carbocycles. The fourth-order valence-corrected chi connectivity index (χ4v) is 4.95. The number of rotatable bonds is 7. The number of likely N-dealkylation sites (tertiary alicyclic amines) is 1. The van der Waals surface area contributed by atoms with Gasteiger partial charge in [-0.15, -0.1) is 0 Å². The van der Waals surface area contributed by atoms with E-state index < -0.39 is 0 Å². The van der Waals surface area contributed by atoms with E-state index in [9.17, 15) is 0 Å². The van der Waals surface area contributed by atoms with E-state index in [2.05, 4.69) is 81.8 Å². The molecule has 1 unspecified atom stereocenters. The fourth-order valence-electron chi connectivity index (χ4n) is 4.82. The van der Waals surface area contributed by atoms with Gasteiger partial charge in [-0.05, 0) is 98.8 Å². The molecular formula is C28H39ClN2. The molecule has 1 atom stereocenters. The molecule has 3 rings (SSSR count). The van der Waals surface area contributed by atoms with Gasteiger partial charge in [0.25, 0.3) is 0 Å². The molecule has 0 aliphatic carbocycles. The van der Waals surface area contributed by atoms with E-state index >= 15 is 0 Å². The standard InChI is InChI=1S/C28H39ClN2/c1-20(2)17-26(19-28(5,6)24-7-9-25(29)10-8-24)31-15-12-22(13-16-31)23-11-14-30-27(18-23)21(3)4/h7-11,14,17-18,21-22,26H,12-13,15-16,19H2,1-6H3. The summed E-state index contributed by atoms with van der Waals surface area (Å²) in [4.78, 5) is 7.26. The summed E-state index contributed by atoms with van der Waals surface area (Å²) in [6.45, 7) is 15.9. The second kappa shape index (κ2) is 10.3. The van der Waals surface area contributed by atoms with Gasteiger partial charge in [-0.3, -0.25) is 9.88 Å². The second-order valence-corrected chi connectivity index (χ2v) is 10.8. The van der Waals surface area contributed by atoms with Gasteiger partial charge < -0.3 is 0 Å². The zero-order valence-electron chi connectivity index (χ0n) is 20.2. The van der Waals surface area contributed by atoms with E-state index in [1.165, 1.54) is 35.2 Å². The van der Waals surface area contributed by atoms with Crippen LogP contribution in [0.4, 0.5) is 0 Å². The van der Waals surface area contributed by atoms with Crippen LogP contribution < -0.4 is 0 Å². The molecule has 0 saturated carbocycles. The minimum Gasteiger partial charge on any atom is -0.297 e. The molecule has 2 heterocycles. The molecule has 1 aliphatic rings. The molecule has 168 valence electrons. The molecule has 3 heteroatoms. The molecule has 0 spiro atoms. The monoisotopic (exact) mass is 438 g/mol. The smallest absolute Gasteiger partial charge is 0.0431 e. The minimum atomic E-state index is 0.0926. The molecular weight excluding hydrogens is 400 g/mol. The van der Waals surface area contributed by atoms with Crippen LogP contribution in [0.2, 0.25) is 5.02 Å². The maximum atomic E-state index is 6.13. The summed E-state index contributed by atoms with van der Waals surface area (Å²) in [5, 5.41) is 0.805. The van der Waals surface area contributed by atoms with E-state index in [0.29, 0.717) is 17.9 Å². The van der Waals surface area contributed by atoms with Crippen molar-refractivity contribution in [1.82, 2.24) is 9.88 Å². The molecule has 0 radical (unpaired) electrons. The lowest BCUT2D eigenvalue weighted by Crippen LogP contribution is -2.43. The summed E-state index contributed by atoms with van der Waals surface area (Å²) in [6, 6.07) is 13.4. The molecule has 2 aromatic rings. The molecule has 1 saturated heterocycles.